The zero-order valence-electron chi connectivity index (χ0n) is 14.5. The molecule has 28 heavy (non-hydrogen) atoms. The molecule has 140 valence electrons. The van der Waals surface area contributed by atoms with E-state index in [-0.39, 0.29) is 17.1 Å². The van der Waals surface area contributed by atoms with Crippen molar-refractivity contribution in [2.24, 2.45) is 15.0 Å². The van der Waals surface area contributed by atoms with Crippen LogP contribution >= 0.6 is 0 Å². The van der Waals surface area contributed by atoms with Gasteiger partial charge in [-0.1, -0.05) is 35.9 Å². The molecule has 0 heterocycles. The molecule has 0 fully saturated rings. The first-order valence-corrected chi connectivity index (χ1v) is 7.00. The zero-order chi connectivity index (χ0) is 21.6. The third-order valence-electron chi connectivity index (χ3n) is 2.35. The second-order valence-corrected chi connectivity index (χ2v) is 4.18. The SMILES string of the molecule is Cc1ccccc1.N=C=O.N=C=O.O=C=Nc1cc(N=C=O)cc(N=C=O)c1. The van der Waals surface area contributed by atoms with Crippen LogP contribution in [0.25, 0.3) is 0 Å². The van der Waals surface area contributed by atoms with Gasteiger partial charge in [-0.15, -0.1) is 0 Å². The highest BCUT2D eigenvalue weighted by molar-refractivity contribution is 5.66. The first-order chi connectivity index (χ1) is 13.5. The summed E-state index contributed by atoms with van der Waals surface area (Å²) >= 11 is 0. The average molecular weight is 379 g/mol. The van der Waals surface area contributed by atoms with Gasteiger partial charge in [-0.3, -0.25) is 0 Å². The van der Waals surface area contributed by atoms with Crippen LogP contribution in [-0.4, -0.2) is 30.4 Å². The standard InChI is InChI=1S/C9H3N3O3.C7H8.2CHNO/c13-4-10-7-1-8(11-5-14)3-9(2-7)12-6-15;1-7-5-3-2-4-6-7;2*2-1-3/h1-3H;2-6H,1H3;2*2H. The van der Waals surface area contributed by atoms with Gasteiger partial charge in [0, 0.05) is 0 Å². The predicted octanol–water partition coefficient (Wildman–Crippen LogP) is 3.39. The van der Waals surface area contributed by atoms with Crippen LogP contribution in [0.15, 0.2) is 63.5 Å². The summed E-state index contributed by atoms with van der Waals surface area (Å²) in [7, 11) is 0. The monoisotopic (exact) mass is 379 g/mol. The lowest BCUT2D eigenvalue weighted by Gasteiger charge is -1.95. The minimum atomic E-state index is 0.190. The van der Waals surface area contributed by atoms with E-state index in [0.29, 0.717) is 0 Å². The molecule has 2 aromatic rings. The summed E-state index contributed by atoms with van der Waals surface area (Å²) in [5.41, 5.74) is 1.89. The Morgan fingerprint density at radius 1 is 0.643 bits per heavy atom. The molecular formula is C18H13N5O5. The number of benzene rings is 2. The lowest BCUT2D eigenvalue weighted by atomic mass is 10.2. The molecule has 0 aromatic heterocycles. The molecule has 0 amide bonds. The Hall–Kier alpha value is -4.66. The summed E-state index contributed by atoms with van der Waals surface area (Å²) in [6, 6.07) is 14.3. The van der Waals surface area contributed by atoms with E-state index in [2.05, 4.69) is 34.0 Å². The Bertz CT molecular complexity index is 843. The van der Waals surface area contributed by atoms with Crippen molar-refractivity contribution in [3.8, 4) is 0 Å². The van der Waals surface area contributed by atoms with Gasteiger partial charge in [0.15, 0.2) is 0 Å². The molecule has 0 aliphatic heterocycles. The first kappa shape index (κ1) is 25.6. The average Bonchev–Trinajstić information content (AvgIpc) is 2.65. The van der Waals surface area contributed by atoms with Crippen molar-refractivity contribution < 1.29 is 24.0 Å². The highest BCUT2D eigenvalue weighted by Crippen LogP contribution is 2.27. The van der Waals surface area contributed by atoms with E-state index in [0.717, 1.165) is 12.2 Å². The molecule has 0 radical (unpaired) electrons. The van der Waals surface area contributed by atoms with Gasteiger partial charge in [-0.25, -0.2) is 34.8 Å². The van der Waals surface area contributed by atoms with Crippen LogP contribution in [0.2, 0.25) is 0 Å². The topological polar surface area (TPSA) is 170 Å². The molecule has 10 nitrogen and oxygen atoms in total. The van der Waals surface area contributed by atoms with Crippen molar-refractivity contribution in [2.75, 3.05) is 0 Å². The summed E-state index contributed by atoms with van der Waals surface area (Å²) in [5, 5.41) is 10.8. The molecule has 0 atom stereocenters. The molecule has 2 rings (SSSR count). The molecule has 2 aromatic carbocycles. The fourth-order valence-electron chi connectivity index (χ4n) is 1.47. The van der Waals surface area contributed by atoms with Gasteiger partial charge < -0.3 is 0 Å². The second kappa shape index (κ2) is 18.7. The number of hydrogen-bond donors (Lipinski definition) is 2. The maximum absolute atomic E-state index is 10.0. The highest BCUT2D eigenvalue weighted by Gasteiger charge is 1.98. The van der Waals surface area contributed by atoms with Gasteiger partial charge in [-0.05, 0) is 25.1 Å². The fraction of sp³-hybridized carbons (Fsp3) is 0.0556. The quantitative estimate of drug-likeness (QED) is 0.614. The normalized spacial score (nSPS) is 7.04. The van der Waals surface area contributed by atoms with E-state index in [4.69, 9.17) is 20.4 Å². The third kappa shape index (κ3) is 14.9. The molecule has 0 unspecified atom stereocenters. The summed E-state index contributed by atoms with van der Waals surface area (Å²) in [5.74, 6) is 0. The molecule has 0 aliphatic rings. The number of hydrogen-bond acceptors (Lipinski definition) is 10. The minimum absolute atomic E-state index is 0.190. The van der Waals surface area contributed by atoms with E-state index in [9.17, 15) is 14.4 Å². The molecule has 0 saturated carbocycles. The largest absolute Gasteiger partial charge is 0.240 e. The van der Waals surface area contributed by atoms with Crippen molar-refractivity contribution in [2.45, 2.75) is 6.92 Å². The van der Waals surface area contributed by atoms with E-state index >= 15 is 0 Å². The number of rotatable bonds is 3. The molecule has 0 bridgehead atoms. The minimum Gasteiger partial charge on any atom is -0.222 e. The summed E-state index contributed by atoms with van der Waals surface area (Å²) in [6.07, 6.45) is 5.45. The van der Waals surface area contributed by atoms with E-state index in [1.807, 2.05) is 18.2 Å². The first-order valence-electron chi connectivity index (χ1n) is 7.00. The predicted molar refractivity (Wildman–Crippen MR) is 97.8 cm³/mol. The highest BCUT2D eigenvalue weighted by atomic mass is 16.1. The van der Waals surface area contributed by atoms with E-state index in [1.54, 1.807) is 0 Å². The molecule has 0 aliphatic carbocycles. The Balaban J connectivity index is 0. The van der Waals surface area contributed by atoms with Crippen molar-refractivity contribution in [3.63, 3.8) is 0 Å². The Labute approximate surface area is 159 Å². The van der Waals surface area contributed by atoms with Crippen LogP contribution in [0.5, 0.6) is 0 Å². The lowest BCUT2D eigenvalue weighted by molar-refractivity contribution is 0.562. The summed E-state index contributed by atoms with van der Waals surface area (Å²) in [4.78, 5) is 56.6. The number of aliphatic imine (C=N–C) groups is 3. The fourth-order valence-corrected chi connectivity index (χ4v) is 1.47. The van der Waals surface area contributed by atoms with Gasteiger partial charge >= 0.3 is 0 Å². The van der Waals surface area contributed by atoms with Gasteiger partial charge in [0.05, 0.1) is 17.1 Å². The van der Waals surface area contributed by atoms with Crippen LogP contribution < -0.4 is 0 Å². The maximum Gasteiger partial charge on any atom is 0.240 e. The summed E-state index contributed by atoms with van der Waals surface area (Å²) in [6.45, 7) is 2.08. The molecule has 0 saturated heterocycles. The molecule has 2 N–H and O–H groups in total. The van der Waals surface area contributed by atoms with Crippen LogP contribution in [-0.2, 0) is 24.0 Å². The zero-order valence-corrected chi connectivity index (χ0v) is 14.5. The lowest BCUT2D eigenvalue weighted by Crippen LogP contribution is -1.69. The third-order valence-corrected chi connectivity index (χ3v) is 2.35. The van der Waals surface area contributed by atoms with Crippen molar-refractivity contribution >= 4 is 47.5 Å². The van der Waals surface area contributed by atoms with Crippen LogP contribution in [0.1, 0.15) is 5.56 Å². The van der Waals surface area contributed by atoms with Crippen LogP contribution in [0, 0.1) is 17.7 Å². The molecular weight excluding hydrogens is 366 g/mol. The van der Waals surface area contributed by atoms with Crippen molar-refractivity contribution in [1.82, 2.24) is 0 Å². The Kier molecular flexibility index (Phi) is 17.1. The van der Waals surface area contributed by atoms with E-state index < -0.39 is 0 Å². The Morgan fingerprint density at radius 2 is 0.929 bits per heavy atom. The van der Waals surface area contributed by atoms with E-state index in [1.165, 1.54) is 42.0 Å². The summed E-state index contributed by atoms with van der Waals surface area (Å²) < 4.78 is 0. The van der Waals surface area contributed by atoms with Gasteiger partial charge in [-0.2, -0.15) is 15.0 Å². The number of nitrogens with zero attached hydrogens (tertiary/aromatic N) is 3. The number of carbonyl (C=O) groups excluding carboxylic acids is 5. The van der Waals surface area contributed by atoms with Gasteiger partial charge in [0.1, 0.15) is 0 Å². The van der Waals surface area contributed by atoms with Crippen LogP contribution in [0.3, 0.4) is 0 Å². The van der Waals surface area contributed by atoms with Crippen molar-refractivity contribution in [3.05, 3.63) is 54.1 Å². The second-order valence-electron chi connectivity index (χ2n) is 4.18. The Morgan fingerprint density at radius 3 is 1.11 bits per heavy atom. The number of isocyanates is 5. The van der Waals surface area contributed by atoms with Gasteiger partial charge in [0.25, 0.3) is 0 Å². The van der Waals surface area contributed by atoms with Crippen LogP contribution in [0.4, 0.5) is 17.1 Å². The number of nitrogens with one attached hydrogen (secondary N) is 2. The van der Waals surface area contributed by atoms with Gasteiger partial charge in [0.2, 0.25) is 30.4 Å². The smallest absolute Gasteiger partial charge is 0.222 e. The molecule has 10 heteroatoms. The number of aryl methyl sites for hydroxylation is 1. The maximum atomic E-state index is 10.0. The molecule has 0 spiro atoms. The van der Waals surface area contributed by atoms with Crippen molar-refractivity contribution in [1.29, 1.82) is 10.8 Å².